The summed E-state index contributed by atoms with van der Waals surface area (Å²) in [5.74, 6) is 0.129. The SMILES string of the molecule is CCN(CC)S(=O)(=O)c1cccc(C2=N/C(=C/c3cccc(OC)c3)C(=O)O2)c1. The van der Waals surface area contributed by atoms with Crippen LogP contribution in [0.1, 0.15) is 25.0 Å². The van der Waals surface area contributed by atoms with Crippen molar-refractivity contribution in [3.05, 3.63) is 65.4 Å². The van der Waals surface area contributed by atoms with Crippen LogP contribution in [0.4, 0.5) is 0 Å². The maximum absolute atomic E-state index is 12.7. The number of sulfonamides is 1. The van der Waals surface area contributed by atoms with Gasteiger partial charge in [0.2, 0.25) is 15.9 Å². The van der Waals surface area contributed by atoms with Gasteiger partial charge in [-0.15, -0.1) is 0 Å². The average Bonchev–Trinajstić information content (AvgIpc) is 3.09. The predicted molar refractivity (Wildman–Crippen MR) is 110 cm³/mol. The van der Waals surface area contributed by atoms with Crippen LogP contribution < -0.4 is 4.74 Å². The molecular formula is C21H22N2O5S. The van der Waals surface area contributed by atoms with E-state index in [-0.39, 0.29) is 16.5 Å². The first kappa shape index (κ1) is 20.8. The van der Waals surface area contributed by atoms with Crippen LogP contribution >= 0.6 is 0 Å². The second-order valence-electron chi connectivity index (χ2n) is 6.23. The molecule has 1 aliphatic heterocycles. The number of carbonyl (C=O) groups excluding carboxylic acids is 1. The summed E-state index contributed by atoms with van der Waals surface area (Å²) >= 11 is 0. The van der Waals surface area contributed by atoms with Crippen LogP contribution in [-0.4, -0.2) is 44.8 Å². The summed E-state index contributed by atoms with van der Waals surface area (Å²) in [6, 6.07) is 13.4. The standard InChI is InChI=1S/C21H22N2O5S/c1-4-23(5-2)29(25,26)18-11-7-9-16(14-18)20-22-19(21(24)28-20)13-15-8-6-10-17(12-15)27-3/h6-14H,4-5H2,1-3H3/b19-13+. The van der Waals surface area contributed by atoms with Crippen LogP contribution in [-0.2, 0) is 19.6 Å². The fourth-order valence-corrected chi connectivity index (χ4v) is 4.43. The molecule has 152 valence electrons. The van der Waals surface area contributed by atoms with Gasteiger partial charge in [-0.25, -0.2) is 18.2 Å². The highest BCUT2D eigenvalue weighted by atomic mass is 32.2. The molecule has 8 heteroatoms. The monoisotopic (exact) mass is 414 g/mol. The molecule has 3 rings (SSSR count). The number of esters is 1. The third-order valence-corrected chi connectivity index (χ3v) is 6.49. The summed E-state index contributed by atoms with van der Waals surface area (Å²) in [5, 5.41) is 0. The van der Waals surface area contributed by atoms with Crippen molar-refractivity contribution in [1.82, 2.24) is 4.31 Å². The minimum Gasteiger partial charge on any atom is -0.497 e. The molecule has 0 unspecified atom stereocenters. The molecule has 7 nitrogen and oxygen atoms in total. The van der Waals surface area contributed by atoms with Crippen LogP contribution in [0.15, 0.2) is 64.1 Å². The molecule has 2 aromatic carbocycles. The molecule has 0 bridgehead atoms. The Morgan fingerprint density at radius 1 is 1.10 bits per heavy atom. The van der Waals surface area contributed by atoms with Gasteiger partial charge in [-0.3, -0.25) is 0 Å². The zero-order valence-corrected chi connectivity index (χ0v) is 17.3. The van der Waals surface area contributed by atoms with Gasteiger partial charge in [0.15, 0.2) is 5.70 Å². The Morgan fingerprint density at radius 2 is 1.83 bits per heavy atom. The first-order valence-corrected chi connectivity index (χ1v) is 10.6. The smallest absolute Gasteiger partial charge is 0.363 e. The maximum atomic E-state index is 12.7. The molecule has 29 heavy (non-hydrogen) atoms. The lowest BCUT2D eigenvalue weighted by atomic mass is 10.2. The van der Waals surface area contributed by atoms with E-state index in [1.165, 1.54) is 16.4 Å². The van der Waals surface area contributed by atoms with E-state index in [0.29, 0.717) is 24.4 Å². The zero-order chi connectivity index (χ0) is 21.0. The fourth-order valence-electron chi connectivity index (χ4n) is 2.92. The lowest BCUT2D eigenvalue weighted by molar-refractivity contribution is -0.129. The zero-order valence-electron chi connectivity index (χ0n) is 16.5. The van der Waals surface area contributed by atoms with E-state index in [0.717, 1.165) is 5.56 Å². The highest BCUT2D eigenvalue weighted by Crippen LogP contribution is 2.23. The number of hydrogen-bond acceptors (Lipinski definition) is 6. The van der Waals surface area contributed by atoms with E-state index in [1.807, 2.05) is 6.07 Å². The summed E-state index contributed by atoms with van der Waals surface area (Å²) in [7, 11) is -2.07. The number of carbonyl (C=O) groups is 1. The van der Waals surface area contributed by atoms with Crippen LogP contribution in [0, 0.1) is 0 Å². The number of methoxy groups -OCH3 is 1. The van der Waals surface area contributed by atoms with E-state index in [2.05, 4.69) is 4.99 Å². The second-order valence-corrected chi connectivity index (χ2v) is 8.17. The Kier molecular flexibility index (Phi) is 6.14. The molecule has 0 spiro atoms. The molecule has 0 saturated carbocycles. The van der Waals surface area contributed by atoms with Gasteiger partial charge in [-0.2, -0.15) is 4.31 Å². The number of aliphatic imine (C=N–C) groups is 1. The molecule has 0 N–H and O–H groups in total. The van der Waals surface area contributed by atoms with Gasteiger partial charge in [-0.1, -0.05) is 32.0 Å². The van der Waals surface area contributed by atoms with Gasteiger partial charge < -0.3 is 9.47 Å². The summed E-state index contributed by atoms with van der Waals surface area (Å²) in [5.41, 5.74) is 1.28. The molecule has 1 heterocycles. The quantitative estimate of drug-likeness (QED) is 0.513. The molecule has 0 aromatic heterocycles. The third-order valence-electron chi connectivity index (χ3n) is 4.44. The van der Waals surface area contributed by atoms with Crippen molar-refractivity contribution in [3.8, 4) is 5.75 Å². The average molecular weight is 414 g/mol. The molecule has 0 radical (unpaired) electrons. The van der Waals surface area contributed by atoms with Crippen molar-refractivity contribution < 1.29 is 22.7 Å². The largest absolute Gasteiger partial charge is 0.497 e. The van der Waals surface area contributed by atoms with Crippen molar-refractivity contribution in [2.75, 3.05) is 20.2 Å². The van der Waals surface area contributed by atoms with Crippen molar-refractivity contribution in [3.63, 3.8) is 0 Å². The van der Waals surface area contributed by atoms with Gasteiger partial charge in [0, 0.05) is 18.7 Å². The molecule has 2 aromatic rings. The predicted octanol–water partition coefficient (Wildman–Crippen LogP) is 3.07. The first-order chi connectivity index (χ1) is 13.9. The molecule has 0 fully saturated rings. The summed E-state index contributed by atoms with van der Waals surface area (Å²) in [6.45, 7) is 4.30. The highest BCUT2D eigenvalue weighted by molar-refractivity contribution is 7.89. The van der Waals surface area contributed by atoms with Crippen molar-refractivity contribution in [1.29, 1.82) is 0 Å². The van der Waals surface area contributed by atoms with Gasteiger partial charge in [-0.05, 0) is 42.0 Å². The van der Waals surface area contributed by atoms with Crippen LogP contribution in [0.25, 0.3) is 6.08 Å². The Bertz CT molecular complexity index is 1090. The topological polar surface area (TPSA) is 85.3 Å². The number of cyclic esters (lactones) is 1. The Hall–Kier alpha value is -2.97. The summed E-state index contributed by atoms with van der Waals surface area (Å²) in [4.78, 5) is 16.6. The second kappa shape index (κ2) is 8.59. The van der Waals surface area contributed by atoms with Gasteiger partial charge in [0.1, 0.15) is 5.75 Å². The molecule has 0 aliphatic carbocycles. The minimum atomic E-state index is -3.63. The first-order valence-electron chi connectivity index (χ1n) is 9.16. The van der Waals surface area contributed by atoms with E-state index in [9.17, 15) is 13.2 Å². The fraction of sp³-hybridized carbons (Fsp3) is 0.238. The Balaban J connectivity index is 1.95. The summed E-state index contributed by atoms with van der Waals surface area (Å²) < 4.78 is 37.3. The summed E-state index contributed by atoms with van der Waals surface area (Å²) in [6.07, 6.45) is 1.59. The number of hydrogen-bond donors (Lipinski definition) is 0. The van der Waals surface area contributed by atoms with E-state index >= 15 is 0 Å². The molecule has 0 amide bonds. The van der Waals surface area contributed by atoms with Crippen molar-refractivity contribution in [2.45, 2.75) is 18.7 Å². The highest BCUT2D eigenvalue weighted by Gasteiger charge is 2.27. The number of rotatable bonds is 7. The lowest BCUT2D eigenvalue weighted by Crippen LogP contribution is -2.30. The maximum Gasteiger partial charge on any atom is 0.363 e. The number of ether oxygens (including phenoxy) is 2. The third kappa shape index (κ3) is 4.38. The molecule has 0 saturated heterocycles. The van der Waals surface area contributed by atoms with Crippen LogP contribution in [0.2, 0.25) is 0 Å². The number of benzene rings is 2. The van der Waals surface area contributed by atoms with Crippen molar-refractivity contribution >= 4 is 28.0 Å². The normalized spacial score (nSPS) is 15.5. The minimum absolute atomic E-state index is 0.0701. The number of nitrogens with zero attached hydrogens (tertiary/aromatic N) is 2. The van der Waals surface area contributed by atoms with Crippen molar-refractivity contribution in [2.24, 2.45) is 4.99 Å². The van der Waals surface area contributed by atoms with E-state index in [4.69, 9.17) is 9.47 Å². The Morgan fingerprint density at radius 3 is 2.52 bits per heavy atom. The van der Waals surface area contributed by atoms with Gasteiger partial charge in [0.05, 0.1) is 12.0 Å². The van der Waals surface area contributed by atoms with E-state index in [1.54, 1.807) is 57.4 Å². The molecular weight excluding hydrogens is 392 g/mol. The van der Waals surface area contributed by atoms with E-state index < -0.39 is 16.0 Å². The van der Waals surface area contributed by atoms with Gasteiger partial charge >= 0.3 is 5.97 Å². The molecule has 0 atom stereocenters. The van der Waals surface area contributed by atoms with Crippen LogP contribution in [0.3, 0.4) is 0 Å². The van der Waals surface area contributed by atoms with Crippen LogP contribution in [0.5, 0.6) is 5.75 Å². The van der Waals surface area contributed by atoms with Gasteiger partial charge in [0.25, 0.3) is 0 Å². The Labute approximate surface area is 170 Å². The lowest BCUT2D eigenvalue weighted by Gasteiger charge is -2.18. The molecule has 1 aliphatic rings.